The van der Waals surface area contributed by atoms with Crippen LogP contribution in [0.25, 0.3) is 0 Å². The van der Waals surface area contributed by atoms with Gasteiger partial charge in [0.05, 0.1) is 5.56 Å². The van der Waals surface area contributed by atoms with Gasteiger partial charge in [0.2, 0.25) is 0 Å². The lowest BCUT2D eigenvalue weighted by Gasteiger charge is -2.13. The van der Waals surface area contributed by atoms with E-state index >= 15 is 0 Å². The molecule has 0 heterocycles. The van der Waals surface area contributed by atoms with E-state index in [1.165, 1.54) is 12.1 Å². The normalized spacial score (nSPS) is 12.4. The first-order valence-electron chi connectivity index (χ1n) is 5.53. The van der Waals surface area contributed by atoms with Crippen LogP contribution in [0, 0.1) is 0 Å². The van der Waals surface area contributed by atoms with Crippen molar-refractivity contribution in [3.05, 3.63) is 35.4 Å². The molecule has 0 aliphatic rings. The molecule has 0 aliphatic heterocycles. The van der Waals surface area contributed by atoms with Crippen LogP contribution in [0.2, 0.25) is 0 Å². The molecule has 1 aromatic rings. The first-order chi connectivity index (χ1) is 8.30. The van der Waals surface area contributed by atoms with Crippen LogP contribution < -0.4 is 11.5 Å². The number of hydrogen-bond donors (Lipinski definition) is 2. The Labute approximate surface area is 127 Å². The number of alkyl halides is 3. The summed E-state index contributed by atoms with van der Waals surface area (Å²) in [5.41, 5.74) is 10.4. The van der Waals surface area contributed by atoms with E-state index in [1.54, 1.807) is 6.07 Å². The molecule has 1 atom stereocenters. The van der Waals surface area contributed by atoms with Crippen LogP contribution in [0.15, 0.2) is 29.3 Å². The molecule has 7 heteroatoms. The summed E-state index contributed by atoms with van der Waals surface area (Å²) in [5, 5.41) is 0. The smallest absolute Gasteiger partial charge is 0.370 e. The quantitative estimate of drug-likeness (QED) is 0.474. The Morgan fingerprint density at radius 3 is 2.47 bits per heavy atom. The SMILES string of the molecule is CC(CCN=C(N)N)c1cccc(C(F)(F)F)c1.I. The fraction of sp³-hybridized carbons (Fsp3) is 0.417. The number of nitrogens with zero attached hydrogens (tertiary/aromatic N) is 1. The lowest BCUT2D eigenvalue weighted by atomic mass is 9.96. The third kappa shape index (κ3) is 6.13. The average Bonchev–Trinajstić information content (AvgIpc) is 2.27. The van der Waals surface area contributed by atoms with Gasteiger partial charge in [-0.05, 0) is 24.0 Å². The summed E-state index contributed by atoms with van der Waals surface area (Å²) in [6, 6.07) is 5.32. The highest BCUT2D eigenvalue weighted by atomic mass is 127. The van der Waals surface area contributed by atoms with Crippen molar-refractivity contribution in [1.29, 1.82) is 0 Å². The van der Waals surface area contributed by atoms with Crippen LogP contribution in [-0.4, -0.2) is 12.5 Å². The van der Waals surface area contributed by atoms with Gasteiger partial charge >= 0.3 is 6.18 Å². The molecule has 0 amide bonds. The first-order valence-corrected chi connectivity index (χ1v) is 5.53. The highest BCUT2D eigenvalue weighted by Gasteiger charge is 2.30. The van der Waals surface area contributed by atoms with Gasteiger partial charge < -0.3 is 11.5 Å². The minimum atomic E-state index is -4.31. The Balaban J connectivity index is 0.00000324. The minimum absolute atomic E-state index is 0. The number of halogens is 4. The van der Waals surface area contributed by atoms with Crippen molar-refractivity contribution in [3.8, 4) is 0 Å². The molecule has 0 aliphatic carbocycles. The van der Waals surface area contributed by atoms with Crippen molar-refractivity contribution >= 4 is 29.9 Å². The Hall–Kier alpha value is -0.990. The molecule has 0 saturated heterocycles. The molecule has 0 fully saturated rings. The monoisotopic (exact) mass is 387 g/mol. The highest BCUT2D eigenvalue weighted by Crippen LogP contribution is 2.31. The standard InChI is InChI=1S/C12H16F3N3.HI/c1-8(5-6-18-11(16)17)9-3-2-4-10(7-9)12(13,14)15;/h2-4,7-8H,5-6H2,1H3,(H4,16,17,18);1H. The van der Waals surface area contributed by atoms with E-state index in [9.17, 15) is 13.2 Å². The van der Waals surface area contributed by atoms with E-state index in [-0.39, 0.29) is 35.9 Å². The predicted octanol–water partition coefficient (Wildman–Crippen LogP) is 3.09. The van der Waals surface area contributed by atoms with Crippen LogP contribution in [0.1, 0.15) is 30.4 Å². The number of benzene rings is 1. The number of guanidine groups is 1. The van der Waals surface area contributed by atoms with Crippen molar-refractivity contribution in [1.82, 2.24) is 0 Å². The van der Waals surface area contributed by atoms with Crippen LogP contribution in [0.3, 0.4) is 0 Å². The lowest BCUT2D eigenvalue weighted by Crippen LogP contribution is -2.23. The number of nitrogens with two attached hydrogens (primary N) is 2. The molecule has 0 bridgehead atoms. The zero-order valence-electron chi connectivity index (χ0n) is 10.4. The molecule has 0 spiro atoms. The summed E-state index contributed by atoms with van der Waals surface area (Å²) >= 11 is 0. The van der Waals surface area contributed by atoms with Crippen LogP contribution >= 0.6 is 24.0 Å². The summed E-state index contributed by atoms with van der Waals surface area (Å²) in [4.78, 5) is 3.81. The second kappa shape index (κ2) is 7.56. The van der Waals surface area contributed by atoms with Gasteiger partial charge in [-0.25, -0.2) is 0 Å². The minimum Gasteiger partial charge on any atom is -0.370 e. The Bertz CT molecular complexity index is 428. The van der Waals surface area contributed by atoms with E-state index < -0.39 is 11.7 Å². The van der Waals surface area contributed by atoms with Gasteiger partial charge in [0, 0.05) is 6.54 Å². The maximum absolute atomic E-state index is 12.5. The Kier molecular flexibility index (Phi) is 7.17. The van der Waals surface area contributed by atoms with E-state index in [0.717, 1.165) is 6.07 Å². The van der Waals surface area contributed by atoms with Crippen molar-refractivity contribution in [2.45, 2.75) is 25.4 Å². The van der Waals surface area contributed by atoms with Crippen molar-refractivity contribution in [2.24, 2.45) is 16.5 Å². The second-order valence-electron chi connectivity index (χ2n) is 4.12. The Morgan fingerprint density at radius 1 is 1.32 bits per heavy atom. The third-order valence-electron chi connectivity index (χ3n) is 2.64. The molecule has 0 aromatic heterocycles. The van der Waals surface area contributed by atoms with E-state index in [4.69, 9.17) is 11.5 Å². The van der Waals surface area contributed by atoms with Gasteiger partial charge in [-0.2, -0.15) is 13.2 Å². The maximum Gasteiger partial charge on any atom is 0.416 e. The predicted molar refractivity (Wildman–Crippen MR) is 80.6 cm³/mol. The summed E-state index contributed by atoms with van der Waals surface area (Å²) in [6.45, 7) is 2.25. The van der Waals surface area contributed by atoms with Gasteiger partial charge in [0.15, 0.2) is 5.96 Å². The molecule has 1 rings (SSSR count). The molecular weight excluding hydrogens is 370 g/mol. The van der Waals surface area contributed by atoms with Gasteiger partial charge in [-0.3, -0.25) is 4.99 Å². The molecular formula is C12H17F3IN3. The molecule has 0 saturated carbocycles. The first kappa shape index (κ1) is 18.0. The molecule has 3 nitrogen and oxygen atoms in total. The number of hydrogen-bond acceptors (Lipinski definition) is 1. The second-order valence-corrected chi connectivity index (χ2v) is 4.12. The van der Waals surface area contributed by atoms with E-state index in [2.05, 4.69) is 4.99 Å². The van der Waals surface area contributed by atoms with E-state index in [0.29, 0.717) is 18.5 Å². The molecule has 1 unspecified atom stereocenters. The summed E-state index contributed by atoms with van der Waals surface area (Å²) in [7, 11) is 0. The Morgan fingerprint density at radius 2 is 1.95 bits per heavy atom. The zero-order valence-corrected chi connectivity index (χ0v) is 12.8. The van der Waals surface area contributed by atoms with Crippen LogP contribution in [0.4, 0.5) is 13.2 Å². The van der Waals surface area contributed by atoms with E-state index in [1.807, 2.05) is 6.92 Å². The zero-order chi connectivity index (χ0) is 13.8. The summed E-state index contributed by atoms with van der Waals surface area (Å²) < 4.78 is 37.6. The molecule has 108 valence electrons. The van der Waals surface area contributed by atoms with Crippen molar-refractivity contribution in [2.75, 3.05) is 6.54 Å². The van der Waals surface area contributed by atoms with Gasteiger partial charge in [-0.1, -0.05) is 25.1 Å². The van der Waals surface area contributed by atoms with Crippen LogP contribution in [-0.2, 0) is 6.18 Å². The molecule has 4 N–H and O–H groups in total. The molecule has 0 radical (unpaired) electrons. The van der Waals surface area contributed by atoms with Crippen molar-refractivity contribution < 1.29 is 13.2 Å². The largest absolute Gasteiger partial charge is 0.416 e. The maximum atomic E-state index is 12.5. The van der Waals surface area contributed by atoms with Crippen LogP contribution in [0.5, 0.6) is 0 Å². The number of rotatable bonds is 4. The van der Waals surface area contributed by atoms with Crippen molar-refractivity contribution in [3.63, 3.8) is 0 Å². The average molecular weight is 387 g/mol. The molecule has 19 heavy (non-hydrogen) atoms. The lowest BCUT2D eigenvalue weighted by molar-refractivity contribution is -0.137. The van der Waals surface area contributed by atoms with Gasteiger partial charge in [0.1, 0.15) is 0 Å². The summed E-state index contributed by atoms with van der Waals surface area (Å²) in [6.07, 6.45) is -3.71. The highest BCUT2D eigenvalue weighted by molar-refractivity contribution is 14.0. The van der Waals surface area contributed by atoms with Gasteiger partial charge in [0.25, 0.3) is 0 Å². The third-order valence-corrected chi connectivity index (χ3v) is 2.64. The fourth-order valence-corrected chi connectivity index (χ4v) is 1.58. The number of aliphatic imine (C=N–C) groups is 1. The summed E-state index contributed by atoms with van der Waals surface area (Å²) in [5.74, 6) is -0.0401. The topological polar surface area (TPSA) is 64.4 Å². The molecule has 1 aromatic carbocycles. The van der Waals surface area contributed by atoms with Gasteiger partial charge in [-0.15, -0.1) is 24.0 Å². The fourth-order valence-electron chi connectivity index (χ4n) is 1.58.